The summed E-state index contributed by atoms with van der Waals surface area (Å²) < 4.78 is 113. The normalized spacial score (nSPS) is 52.0. The van der Waals surface area contributed by atoms with Gasteiger partial charge in [-0.2, -0.15) is 8.42 Å². The van der Waals surface area contributed by atoms with E-state index in [1.54, 1.807) is 6.92 Å². The van der Waals surface area contributed by atoms with Gasteiger partial charge in [0.1, 0.15) is 128 Å². The fraction of sp³-hybridized carbons (Fsp3) is 0.952. The zero-order valence-electron chi connectivity index (χ0n) is 55.8. The van der Waals surface area contributed by atoms with Crippen molar-refractivity contribution in [3.05, 3.63) is 11.6 Å². The van der Waals surface area contributed by atoms with Crippen molar-refractivity contribution < 1.29 is 160 Å². The molecule has 0 amide bonds. The third-order valence-electron chi connectivity index (χ3n) is 22.7. The summed E-state index contributed by atoms with van der Waals surface area (Å²) in [6.07, 6.45) is -50.3. The van der Waals surface area contributed by atoms with E-state index in [1.165, 1.54) is 27.7 Å². The number of hydrogen-bond acceptors (Lipinski definition) is 32. The summed E-state index contributed by atoms with van der Waals surface area (Å²) in [6, 6.07) is 0. The van der Waals surface area contributed by atoms with E-state index in [4.69, 9.17) is 61.0 Å². The van der Waals surface area contributed by atoms with Gasteiger partial charge in [-0.1, -0.05) is 39.3 Å². The van der Waals surface area contributed by atoms with Crippen LogP contribution in [0.15, 0.2) is 11.6 Å². The summed E-state index contributed by atoms with van der Waals surface area (Å²) in [7, 11) is -4.92. The summed E-state index contributed by atoms with van der Waals surface area (Å²) in [5.41, 5.74) is -1.37. The van der Waals surface area contributed by atoms with Gasteiger partial charge in [-0.3, -0.25) is 9.35 Å². The number of ketones is 1. The first-order valence-electron chi connectivity index (χ1n) is 33.9. The minimum Gasteiger partial charge on any atom is -0.394 e. The maximum Gasteiger partial charge on any atom is 0.397 e. The molecular weight excluding hydrogens is 1320 g/mol. The number of carbonyl (C=O) groups excluding carboxylic acids is 1. The summed E-state index contributed by atoms with van der Waals surface area (Å²) in [4.78, 5) is 13.3. The predicted molar refractivity (Wildman–Crippen MR) is 323 cm³/mol. The lowest BCUT2D eigenvalue weighted by Gasteiger charge is -2.60. The number of ether oxygens (including phenoxy) is 12. The van der Waals surface area contributed by atoms with Crippen LogP contribution in [-0.4, -0.2) is 316 Å². The lowest BCUT2D eigenvalue weighted by atomic mass is 9.47. The van der Waals surface area contributed by atoms with Crippen molar-refractivity contribution in [3.63, 3.8) is 0 Å². The molecule has 6 saturated heterocycles. The molecule has 560 valence electrons. The highest BCUT2D eigenvalue weighted by molar-refractivity contribution is 7.80. The molecule has 39 atom stereocenters. The fourth-order valence-electron chi connectivity index (χ4n) is 17.5. The van der Waals surface area contributed by atoms with Gasteiger partial charge in [0, 0.05) is 12.8 Å². The van der Waals surface area contributed by atoms with Crippen LogP contribution in [0.2, 0.25) is 0 Å². The van der Waals surface area contributed by atoms with E-state index in [2.05, 4.69) is 19.9 Å². The summed E-state index contributed by atoms with van der Waals surface area (Å²) in [5, 5.41) is 180. The molecule has 0 aromatic rings. The molecule has 0 radical (unpaired) electrons. The minimum absolute atomic E-state index is 0.00986. The van der Waals surface area contributed by atoms with Gasteiger partial charge in [-0.05, 0) is 120 Å². The van der Waals surface area contributed by atoms with Crippen LogP contribution in [0.3, 0.4) is 0 Å². The highest BCUT2D eigenvalue weighted by atomic mass is 32.3. The van der Waals surface area contributed by atoms with Gasteiger partial charge in [0.15, 0.2) is 37.7 Å². The van der Waals surface area contributed by atoms with E-state index in [-0.39, 0.29) is 48.7 Å². The first-order chi connectivity index (χ1) is 45.3. The van der Waals surface area contributed by atoms with Crippen molar-refractivity contribution in [2.45, 2.75) is 322 Å². The van der Waals surface area contributed by atoms with Crippen molar-refractivity contribution in [1.82, 2.24) is 0 Å². The molecule has 4 aliphatic carbocycles. The highest BCUT2D eigenvalue weighted by Crippen LogP contribution is 2.67. The number of carbonyl (C=O) groups is 1. The van der Waals surface area contributed by atoms with Crippen LogP contribution in [0, 0.1) is 40.4 Å². The Labute approximate surface area is 562 Å². The fourth-order valence-corrected chi connectivity index (χ4v) is 18.0. The van der Waals surface area contributed by atoms with E-state index < -0.39 is 242 Å². The average Bonchev–Trinajstić information content (AvgIpc) is 1.68. The molecule has 17 N–H and O–H groups in total. The zero-order valence-corrected chi connectivity index (χ0v) is 56.6. The molecule has 9 fully saturated rings. The highest BCUT2D eigenvalue weighted by Gasteiger charge is 2.64. The molecule has 3 saturated carbocycles. The molecular formula is C63H104O33S. The molecule has 34 heteroatoms. The first-order valence-corrected chi connectivity index (χ1v) is 35.2. The van der Waals surface area contributed by atoms with Gasteiger partial charge >= 0.3 is 10.4 Å². The Morgan fingerprint density at radius 3 is 1.58 bits per heavy atom. The van der Waals surface area contributed by atoms with Crippen LogP contribution < -0.4 is 0 Å². The summed E-state index contributed by atoms with van der Waals surface area (Å²) >= 11 is 0. The number of aliphatic hydroxyl groups is 16. The quantitative estimate of drug-likeness (QED) is 0.0381. The molecule has 97 heavy (non-hydrogen) atoms. The summed E-state index contributed by atoms with van der Waals surface area (Å²) in [5.74, 6) is -0.961. The SMILES string of the molecule is CC(C)CC(=O)C[C@](C)(O)[C@H]1CC[C@H]2[C@@H]3C[C@H](O[C@@H]4O[C@H](C)[C@@H](O)[C@H](O[C@@H]5O[C@H](C)[C@@H](O[C@@H]6O[C@H](CO)[C@H](O)[C@H](O)[C@H]6O[C@@H]6O[C@H](C)[C@H](O)[C@H](O[C@@H]7O[C@H](CO)[C@H](O)[C@H](O)[C@H]7O)[C@H]6O)[C@H](O)[C@H]5O[C@@H]5O[C@H](C)[C@@H](O)[C@H](O)[C@H]5O)[C@H]4O)[C@H]4C[C@@H](OS(=O)(=O)O)CC[C@]4(C)C3=CC[C@@]21C. The van der Waals surface area contributed by atoms with Crippen molar-refractivity contribution in [2.24, 2.45) is 40.4 Å². The number of rotatable bonds is 21. The third kappa shape index (κ3) is 15.5. The summed E-state index contributed by atoms with van der Waals surface area (Å²) in [6.45, 7) is 13.5. The second kappa shape index (κ2) is 30.3. The third-order valence-corrected chi connectivity index (χ3v) is 23.2. The van der Waals surface area contributed by atoms with Gasteiger partial charge < -0.3 is 139 Å². The van der Waals surface area contributed by atoms with Crippen molar-refractivity contribution >= 4 is 16.2 Å². The number of Topliss-reactive ketones (excluding diaryl/α,β-unsaturated/α-hetero) is 1. The van der Waals surface area contributed by atoms with Crippen molar-refractivity contribution in [3.8, 4) is 0 Å². The molecule has 10 aliphatic rings. The van der Waals surface area contributed by atoms with Crippen LogP contribution in [0.4, 0.5) is 0 Å². The van der Waals surface area contributed by atoms with Crippen LogP contribution in [0.5, 0.6) is 0 Å². The Bertz CT molecular complexity index is 2790. The number of aliphatic hydroxyl groups excluding tert-OH is 15. The van der Waals surface area contributed by atoms with Gasteiger partial charge in [0.05, 0.1) is 55.4 Å². The lowest BCUT2D eigenvalue weighted by Crippen LogP contribution is -2.68. The molecule has 10 rings (SSSR count). The van der Waals surface area contributed by atoms with Crippen LogP contribution in [0.1, 0.15) is 120 Å². The molecule has 0 spiro atoms. The Morgan fingerprint density at radius 1 is 0.546 bits per heavy atom. The molecule has 6 heterocycles. The maximum atomic E-state index is 13.3. The minimum atomic E-state index is -4.92. The standard InChI is InChI=1S/C63H104O33S/c1-22(2)16-27(66)19-63(9,80)36-11-10-30-29-18-33(32-17-28(96-97(81,82)83)12-14-61(32,7)31(29)13-15-62(30,36)8)88-57-48(78)52(39(69)24(4)85-57)93-59-54(95-55-45(75)42(72)37(67)23(3)84-55)47(77)50(26(6)87-59)91-60-53(44(74)41(71)35(21-65)90-60)94-58-49(79)51(38(68)25(5)86-58)92-56-46(76)43(73)40(70)34(20-64)89-56/h13,22-26,28-30,32-60,64-65,67-80H,10-12,14-21H2,1-9H3,(H,81,82,83)/t23-,24-,25-,26-,28+,29+,30+,32-,33+,34-,35-,36+,37-,38+,39-,40+,41+,42+,43+,44+,45-,46-,47+,48-,49-,50-,51+,52+,53-,54-,55+,56+,57+,58+,59+,60+,61-,62+,63+/m1/s1. The molecule has 0 aromatic heterocycles. The first kappa shape index (κ1) is 77.8. The van der Waals surface area contributed by atoms with Gasteiger partial charge in [0.25, 0.3) is 0 Å². The van der Waals surface area contributed by atoms with Crippen LogP contribution in [0.25, 0.3) is 0 Å². The number of hydrogen-bond donors (Lipinski definition) is 17. The molecule has 33 nitrogen and oxygen atoms in total. The van der Waals surface area contributed by atoms with E-state index in [1.807, 2.05) is 13.8 Å². The van der Waals surface area contributed by atoms with E-state index in [0.717, 1.165) is 5.57 Å². The molecule has 0 bridgehead atoms. The lowest BCUT2D eigenvalue weighted by molar-refractivity contribution is -0.409. The second-order valence-electron chi connectivity index (χ2n) is 29.9. The molecule has 0 aromatic carbocycles. The van der Waals surface area contributed by atoms with Gasteiger partial charge in [0.2, 0.25) is 0 Å². The second-order valence-corrected chi connectivity index (χ2v) is 31.0. The average molecular weight is 1420 g/mol. The van der Waals surface area contributed by atoms with Crippen molar-refractivity contribution in [2.75, 3.05) is 13.2 Å². The van der Waals surface area contributed by atoms with Crippen LogP contribution in [-0.2, 0) is 76.2 Å². The predicted octanol–water partition coefficient (Wildman–Crippen LogP) is -4.46. The Balaban J connectivity index is 0.915. The molecule has 6 aliphatic heterocycles. The maximum absolute atomic E-state index is 13.3. The monoisotopic (exact) mass is 1420 g/mol. The molecule has 0 unspecified atom stereocenters. The zero-order chi connectivity index (χ0) is 71.2. The smallest absolute Gasteiger partial charge is 0.394 e. The Hall–Kier alpha value is -1.84. The van der Waals surface area contributed by atoms with E-state index in [0.29, 0.717) is 38.5 Å². The van der Waals surface area contributed by atoms with E-state index >= 15 is 0 Å². The van der Waals surface area contributed by atoms with Crippen LogP contribution >= 0.6 is 0 Å². The van der Waals surface area contributed by atoms with Gasteiger partial charge in [-0.25, -0.2) is 4.18 Å². The Kier molecular flexibility index (Phi) is 24.3. The van der Waals surface area contributed by atoms with Gasteiger partial charge in [-0.15, -0.1) is 0 Å². The largest absolute Gasteiger partial charge is 0.397 e. The number of allylic oxidation sites excluding steroid dienone is 2. The van der Waals surface area contributed by atoms with E-state index in [9.17, 15) is 99.5 Å². The van der Waals surface area contributed by atoms with Crippen molar-refractivity contribution in [1.29, 1.82) is 0 Å². The number of fused-ring (bicyclic) bond motifs is 5. The Morgan fingerprint density at radius 2 is 1.01 bits per heavy atom. The topological polar surface area (TPSA) is 515 Å².